The van der Waals surface area contributed by atoms with Crippen LogP contribution in [0.2, 0.25) is 0 Å². The third kappa shape index (κ3) is 6.16. The maximum absolute atomic E-state index is 4.34. The number of hydrogen-bond donors (Lipinski definition) is 3. The first-order valence-corrected chi connectivity index (χ1v) is 9.58. The van der Waals surface area contributed by atoms with Crippen molar-refractivity contribution in [2.45, 2.75) is 32.1 Å². The minimum absolute atomic E-state index is 0. The summed E-state index contributed by atoms with van der Waals surface area (Å²) < 4.78 is 0. The number of nitrogens with zero attached hydrogens (tertiary/aromatic N) is 2. The number of H-pyrrole nitrogens is 1. The summed E-state index contributed by atoms with van der Waals surface area (Å²) in [5, 5.41) is 8.19. The number of aromatic nitrogens is 1. The van der Waals surface area contributed by atoms with E-state index in [9.17, 15) is 0 Å². The van der Waals surface area contributed by atoms with Gasteiger partial charge in [-0.3, -0.25) is 4.99 Å². The van der Waals surface area contributed by atoms with Crippen molar-refractivity contribution in [2.75, 3.05) is 39.8 Å². The number of nitrogens with one attached hydrogen (secondary N) is 3. The lowest BCUT2D eigenvalue weighted by Crippen LogP contribution is -2.42. The minimum Gasteiger partial charge on any atom is -0.361 e. The Kier molecular flexibility index (Phi) is 9.25. The highest BCUT2D eigenvalue weighted by atomic mass is 127. The van der Waals surface area contributed by atoms with Gasteiger partial charge in [0.1, 0.15) is 0 Å². The number of aliphatic imine (C=N–C) groups is 1. The molecule has 3 N–H and O–H groups in total. The Balaban J connectivity index is 0.00000243. The molecule has 1 aromatic heterocycles. The Morgan fingerprint density at radius 1 is 1.08 bits per heavy atom. The van der Waals surface area contributed by atoms with Crippen LogP contribution in [0.25, 0.3) is 10.9 Å². The van der Waals surface area contributed by atoms with Crippen molar-refractivity contribution in [1.29, 1.82) is 0 Å². The van der Waals surface area contributed by atoms with Crippen LogP contribution in [0.3, 0.4) is 0 Å². The Bertz CT molecular complexity index is 674. The molecular formula is C20H32IN5. The second-order valence-corrected chi connectivity index (χ2v) is 6.79. The van der Waals surface area contributed by atoms with Gasteiger partial charge in [0.25, 0.3) is 0 Å². The van der Waals surface area contributed by atoms with E-state index < -0.39 is 0 Å². The molecule has 1 aliphatic heterocycles. The van der Waals surface area contributed by atoms with Gasteiger partial charge in [-0.2, -0.15) is 0 Å². The van der Waals surface area contributed by atoms with Crippen LogP contribution in [-0.2, 0) is 6.42 Å². The van der Waals surface area contributed by atoms with Crippen LogP contribution in [0.1, 0.15) is 31.2 Å². The molecule has 5 nitrogen and oxygen atoms in total. The summed E-state index contributed by atoms with van der Waals surface area (Å²) in [7, 11) is 1.84. The number of likely N-dealkylation sites (tertiary alicyclic amines) is 1. The Hall–Kier alpha value is -1.28. The molecular weight excluding hydrogens is 437 g/mol. The fraction of sp³-hybridized carbons (Fsp3) is 0.550. The molecule has 144 valence electrons. The van der Waals surface area contributed by atoms with Crippen LogP contribution in [0.15, 0.2) is 35.5 Å². The van der Waals surface area contributed by atoms with Gasteiger partial charge < -0.3 is 20.5 Å². The second kappa shape index (κ2) is 11.4. The number of hydrogen-bond acceptors (Lipinski definition) is 2. The molecule has 2 aromatic rings. The Morgan fingerprint density at radius 2 is 1.81 bits per heavy atom. The predicted octanol–water partition coefficient (Wildman–Crippen LogP) is 3.37. The molecule has 0 saturated carbocycles. The number of rotatable bonds is 6. The zero-order chi connectivity index (χ0) is 17.3. The number of aromatic amines is 1. The number of fused-ring (bicyclic) bond motifs is 1. The van der Waals surface area contributed by atoms with Gasteiger partial charge in [0, 0.05) is 43.8 Å². The molecule has 0 unspecified atom stereocenters. The van der Waals surface area contributed by atoms with Gasteiger partial charge in [0.05, 0.1) is 0 Å². The summed E-state index contributed by atoms with van der Waals surface area (Å²) in [5.74, 6) is 0.898. The van der Waals surface area contributed by atoms with Crippen molar-refractivity contribution in [2.24, 2.45) is 4.99 Å². The molecule has 6 heteroatoms. The molecule has 26 heavy (non-hydrogen) atoms. The zero-order valence-corrected chi connectivity index (χ0v) is 18.1. The summed E-state index contributed by atoms with van der Waals surface area (Å²) >= 11 is 0. The quantitative estimate of drug-likeness (QED) is 0.346. The lowest BCUT2D eigenvalue weighted by Gasteiger charge is -2.20. The van der Waals surface area contributed by atoms with E-state index >= 15 is 0 Å². The topological polar surface area (TPSA) is 55.5 Å². The van der Waals surface area contributed by atoms with Crippen LogP contribution in [0.4, 0.5) is 0 Å². The van der Waals surface area contributed by atoms with Gasteiger partial charge in [0.2, 0.25) is 0 Å². The smallest absolute Gasteiger partial charge is 0.191 e. The lowest BCUT2D eigenvalue weighted by atomic mass is 10.1. The van der Waals surface area contributed by atoms with E-state index in [1.807, 2.05) is 7.05 Å². The van der Waals surface area contributed by atoms with Crippen molar-refractivity contribution in [1.82, 2.24) is 20.5 Å². The molecule has 1 aromatic carbocycles. The van der Waals surface area contributed by atoms with Crippen molar-refractivity contribution in [3.05, 3.63) is 36.0 Å². The third-order valence-corrected chi connectivity index (χ3v) is 5.00. The first-order chi connectivity index (χ1) is 12.4. The van der Waals surface area contributed by atoms with E-state index in [-0.39, 0.29) is 24.0 Å². The summed E-state index contributed by atoms with van der Waals surface area (Å²) in [5.41, 5.74) is 2.56. The van der Waals surface area contributed by atoms with Gasteiger partial charge in [0.15, 0.2) is 5.96 Å². The van der Waals surface area contributed by atoms with Crippen molar-refractivity contribution in [3.63, 3.8) is 0 Å². The summed E-state index contributed by atoms with van der Waals surface area (Å²) in [6, 6.07) is 8.46. The predicted molar refractivity (Wildman–Crippen MR) is 122 cm³/mol. The van der Waals surface area contributed by atoms with E-state index in [1.54, 1.807) is 0 Å². The van der Waals surface area contributed by atoms with Gasteiger partial charge >= 0.3 is 0 Å². The number of benzene rings is 1. The molecule has 2 heterocycles. The normalized spacial score (nSPS) is 16.1. The lowest BCUT2D eigenvalue weighted by molar-refractivity contribution is 0.289. The summed E-state index contributed by atoms with van der Waals surface area (Å²) in [4.78, 5) is 10.2. The third-order valence-electron chi connectivity index (χ3n) is 5.00. The average molecular weight is 469 g/mol. The molecule has 0 amide bonds. The monoisotopic (exact) mass is 469 g/mol. The van der Waals surface area contributed by atoms with E-state index in [4.69, 9.17) is 0 Å². The van der Waals surface area contributed by atoms with Crippen LogP contribution in [0.5, 0.6) is 0 Å². The van der Waals surface area contributed by atoms with E-state index in [1.165, 1.54) is 55.2 Å². The largest absolute Gasteiger partial charge is 0.361 e. The number of guanidine groups is 1. The zero-order valence-electron chi connectivity index (χ0n) is 15.8. The summed E-state index contributed by atoms with van der Waals surface area (Å²) in [6.45, 7) is 5.42. The standard InChI is InChI=1S/C20H31N5.HI/c1-21-20(23-12-15-25-13-6-2-3-7-14-25)22-11-10-17-16-24-19-9-5-4-8-18(17)19;/h4-5,8-9,16,24H,2-3,6-7,10-15H2,1H3,(H2,21,22,23);1H. The highest BCUT2D eigenvalue weighted by Gasteiger charge is 2.08. The Labute approximate surface area is 174 Å². The molecule has 1 saturated heterocycles. The molecule has 3 rings (SSSR count). The van der Waals surface area contributed by atoms with E-state index in [0.717, 1.165) is 32.0 Å². The maximum Gasteiger partial charge on any atom is 0.191 e. The van der Waals surface area contributed by atoms with Crippen LogP contribution in [0, 0.1) is 0 Å². The first-order valence-electron chi connectivity index (χ1n) is 9.58. The van der Waals surface area contributed by atoms with Gasteiger partial charge in [-0.05, 0) is 44.0 Å². The maximum atomic E-state index is 4.34. The molecule has 1 aliphatic rings. The molecule has 0 bridgehead atoms. The van der Waals surface area contributed by atoms with Crippen molar-refractivity contribution < 1.29 is 0 Å². The SMILES string of the molecule is CN=C(NCCc1c[nH]c2ccccc12)NCCN1CCCCCC1.I. The molecule has 0 spiro atoms. The number of para-hydroxylation sites is 1. The van der Waals surface area contributed by atoms with Gasteiger partial charge in [-0.1, -0.05) is 31.0 Å². The van der Waals surface area contributed by atoms with E-state index in [2.05, 4.69) is 56.0 Å². The minimum atomic E-state index is 0. The molecule has 0 aliphatic carbocycles. The van der Waals surface area contributed by atoms with Gasteiger partial charge in [-0.15, -0.1) is 24.0 Å². The fourth-order valence-electron chi connectivity index (χ4n) is 3.57. The fourth-order valence-corrected chi connectivity index (χ4v) is 3.57. The highest BCUT2D eigenvalue weighted by Crippen LogP contribution is 2.17. The molecule has 0 radical (unpaired) electrons. The second-order valence-electron chi connectivity index (χ2n) is 6.79. The average Bonchev–Trinajstić information content (AvgIpc) is 2.87. The Morgan fingerprint density at radius 3 is 2.58 bits per heavy atom. The first kappa shape index (κ1) is 21.0. The van der Waals surface area contributed by atoms with Crippen LogP contribution in [-0.4, -0.2) is 55.6 Å². The van der Waals surface area contributed by atoms with Crippen LogP contribution < -0.4 is 10.6 Å². The molecule has 1 fully saturated rings. The summed E-state index contributed by atoms with van der Waals surface area (Å²) in [6.07, 6.45) is 8.57. The highest BCUT2D eigenvalue weighted by molar-refractivity contribution is 14.0. The van der Waals surface area contributed by atoms with Crippen molar-refractivity contribution >= 4 is 40.8 Å². The van der Waals surface area contributed by atoms with E-state index in [0.29, 0.717) is 0 Å². The van der Waals surface area contributed by atoms with Gasteiger partial charge in [-0.25, -0.2) is 0 Å². The van der Waals surface area contributed by atoms with Crippen molar-refractivity contribution in [3.8, 4) is 0 Å². The molecule has 0 atom stereocenters. The number of halogens is 1. The van der Waals surface area contributed by atoms with Crippen LogP contribution >= 0.6 is 24.0 Å².